The van der Waals surface area contributed by atoms with Crippen LogP contribution in [-0.4, -0.2) is 36.3 Å². The zero-order chi connectivity index (χ0) is 11.5. The van der Waals surface area contributed by atoms with Crippen LogP contribution in [0.4, 0.5) is 0 Å². The van der Waals surface area contributed by atoms with E-state index in [1.807, 2.05) is 0 Å². The molecule has 6 nitrogen and oxygen atoms in total. The highest BCUT2D eigenvalue weighted by Gasteiger charge is 2.33. The van der Waals surface area contributed by atoms with Crippen LogP contribution >= 0.6 is 0 Å². The Morgan fingerprint density at radius 1 is 1.31 bits per heavy atom. The minimum Gasteiger partial charge on any atom is -0.342 e. The first-order valence-corrected chi connectivity index (χ1v) is 5.54. The Morgan fingerprint density at radius 3 is 2.69 bits per heavy atom. The number of carbonyl (C=O) groups excluding carboxylic acids is 3. The minimum atomic E-state index is -0.691. The first kappa shape index (κ1) is 11.1. The van der Waals surface area contributed by atoms with Gasteiger partial charge in [-0.05, 0) is 19.4 Å². The zero-order valence-corrected chi connectivity index (χ0v) is 8.91. The van der Waals surface area contributed by atoms with Gasteiger partial charge in [0.05, 0.1) is 12.5 Å². The van der Waals surface area contributed by atoms with Gasteiger partial charge < -0.3 is 10.6 Å². The molecule has 2 rings (SSSR count). The average molecular weight is 225 g/mol. The topological polar surface area (TPSA) is 87.3 Å². The maximum atomic E-state index is 11.7. The molecule has 2 unspecified atom stereocenters. The second-order valence-corrected chi connectivity index (χ2v) is 4.18. The number of carbonyl (C=O) groups is 3. The van der Waals surface area contributed by atoms with Crippen molar-refractivity contribution < 1.29 is 14.4 Å². The van der Waals surface area contributed by atoms with Crippen LogP contribution in [0.3, 0.4) is 0 Å². The second-order valence-electron chi connectivity index (χ2n) is 4.18. The van der Waals surface area contributed by atoms with Crippen molar-refractivity contribution in [3.63, 3.8) is 0 Å². The van der Waals surface area contributed by atoms with E-state index in [1.54, 1.807) is 0 Å². The molecule has 2 heterocycles. The van der Waals surface area contributed by atoms with Crippen molar-refractivity contribution in [2.75, 3.05) is 6.54 Å². The molecule has 0 aromatic heterocycles. The molecule has 0 aliphatic carbocycles. The molecule has 6 heteroatoms. The highest BCUT2D eigenvalue weighted by molar-refractivity contribution is 6.07. The number of piperidine rings is 1. The fourth-order valence-corrected chi connectivity index (χ4v) is 2.02. The molecular weight excluding hydrogens is 210 g/mol. The Balaban J connectivity index is 1.86. The van der Waals surface area contributed by atoms with Crippen LogP contribution in [0.1, 0.15) is 25.7 Å². The molecule has 3 amide bonds. The molecule has 0 aromatic rings. The number of hydrogen-bond donors (Lipinski definition) is 3. The predicted molar refractivity (Wildman–Crippen MR) is 55.3 cm³/mol. The lowest BCUT2D eigenvalue weighted by atomic mass is 10.0. The Labute approximate surface area is 93.1 Å². The maximum absolute atomic E-state index is 11.7. The van der Waals surface area contributed by atoms with Crippen LogP contribution < -0.4 is 16.0 Å². The lowest BCUT2D eigenvalue weighted by Crippen LogP contribution is -2.51. The van der Waals surface area contributed by atoms with Gasteiger partial charge in [-0.2, -0.15) is 0 Å². The smallest absolute Gasteiger partial charge is 0.249 e. The molecule has 2 aliphatic heterocycles. The van der Waals surface area contributed by atoms with E-state index in [0.29, 0.717) is 0 Å². The highest BCUT2D eigenvalue weighted by Crippen LogP contribution is 2.08. The van der Waals surface area contributed by atoms with Gasteiger partial charge in [-0.3, -0.25) is 19.7 Å². The summed E-state index contributed by atoms with van der Waals surface area (Å²) >= 11 is 0. The summed E-state index contributed by atoms with van der Waals surface area (Å²) < 4.78 is 0. The average Bonchev–Trinajstić information content (AvgIpc) is 2.59. The second kappa shape index (κ2) is 4.61. The van der Waals surface area contributed by atoms with Crippen molar-refractivity contribution in [1.29, 1.82) is 0 Å². The normalized spacial score (nSPS) is 30.0. The van der Waals surface area contributed by atoms with E-state index in [-0.39, 0.29) is 24.3 Å². The molecule has 16 heavy (non-hydrogen) atoms. The largest absolute Gasteiger partial charge is 0.342 e. The summed E-state index contributed by atoms with van der Waals surface area (Å²) in [4.78, 5) is 33.9. The minimum absolute atomic E-state index is 0.0529. The molecular formula is C10H15N3O3. The number of rotatable bonds is 2. The molecule has 2 aliphatic rings. The van der Waals surface area contributed by atoms with E-state index in [0.717, 1.165) is 25.8 Å². The summed E-state index contributed by atoms with van der Waals surface area (Å²) in [6.07, 6.45) is 2.93. The van der Waals surface area contributed by atoms with Crippen molar-refractivity contribution in [1.82, 2.24) is 16.0 Å². The van der Waals surface area contributed by atoms with Crippen LogP contribution in [0.15, 0.2) is 0 Å². The lowest BCUT2D eigenvalue weighted by Gasteiger charge is -2.23. The Morgan fingerprint density at radius 2 is 2.12 bits per heavy atom. The summed E-state index contributed by atoms with van der Waals surface area (Å²) in [5, 5.41) is 7.85. The fourth-order valence-electron chi connectivity index (χ4n) is 2.02. The SMILES string of the molecule is O=C1CC(NC(=O)C2CCCCN2)C(=O)N1. The van der Waals surface area contributed by atoms with Crippen LogP contribution in [0.25, 0.3) is 0 Å². The maximum Gasteiger partial charge on any atom is 0.249 e. The first-order chi connectivity index (χ1) is 7.66. The molecule has 2 fully saturated rings. The molecule has 88 valence electrons. The quantitative estimate of drug-likeness (QED) is 0.508. The fraction of sp³-hybridized carbons (Fsp3) is 0.700. The van der Waals surface area contributed by atoms with Crippen LogP contribution in [0.2, 0.25) is 0 Å². The Kier molecular flexibility index (Phi) is 3.19. The monoisotopic (exact) mass is 225 g/mol. The van der Waals surface area contributed by atoms with Crippen LogP contribution in [0.5, 0.6) is 0 Å². The number of nitrogens with one attached hydrogen (secondary N) is 3. The predicted octanol–water partition coefficient (Wildman–Crippen LogP) is -1.34. The third kappa shape index (κ3) is 2.38. The van der Waals surface area contributed by atoms with Gasteiger partial charge in [0, 0.05) is 0 Å². The summed E-state index contributed by atoms with van der Waals surface area (Å²) in [6, 6.07) is -0.916. The molecule has 0 aromatic carbocycles. The summed E-state index contributed by atoms with van der Waals surface area (Å²) in [5.41, 5.74) is 0. The molecule has 2 atom stereocenters. The van der Waals surface area contributed by atoms with Crippen molar-refractivity contribution >= 4 is 17.7 Å². The van der Waals surface area contributed by atoms with Gasteiger partial charge in [0.1, 0.15) is 6.04 Å². The van der Waals surface area contributed by atoms with E-state index in [4.69, 9.17) is 0 Å². The van der Waals surface area contributed by atoms with E-state index >= 15 is 0 Å². The van der Waals surface area contributed by atoms with Gasteiger partial charge >= 0.3 is 0 Å². The van der Waals surface area contributed by atoms with E-state index in [2.05, 4.69) is 16.0 Å². The van der Waals surface area contributed by atoms with Crippen molar-refractivity contribution in [2.24, 2.45) is 0 Å². The summed E-state index contributed by atoms with van der Waals surface area (Å²) in [5.74, 6) is -0.921. The van der Waals surface area contributed by atoms with Crippen molar-refractivity contribution in [3.8, 4) is 0 Å². The van der Waals surface area contributed by atoms with E-state index in [1.165, 1.54) is 0 Å². The van der Waals surface area contributed by atoms with Gasteiger partial charge in [-0.25, -0.2) is 0 Å². The number of amides is 3. The van der Waals surface area contributed by atoms with Crippen LogP contribution in [0, 0.1) is 0 Å². The van der Waals surface area contributed by atoms with Crippen molar-refractivity contribution in [3.05, 3.63) is 0 Å². The van der Waals surface area contributed by atoms with Crippen molar-refractivity contribution in [2.45, 2.75) is 37.8 Å². The summed E-state index contributed by atoms with van der Waals surface area (Å²) in [7, 11) is 0. The first-order valence-electron chi connectivity index (χ1n) is 5.54. The lowest BCUT2D eigenvalue weighted by molar-refractivity contribution is -0.129. The zero-order valence-electron chi connectivity index (χ0n) is 8.91. The molecule has 0 spiro atoms. The van der Waals surface area contributed by atoms with Gasteiger partial charge in [-0.1, -0.05) is 6.42 Å². The van der Waals surface area contributed by atoms with E-state index in [9.17, 15) is 14.4 Å². The standard InChI is InChI=1S/C10H15N3O3/c14-8-5-7(10(16)13-8)12-9(15)6-3-1-2-4-11-6/h6-7,11H,1-5H2,(H,12,15)(H,13,14,16). The summed E-state index contributed by atoms with van der Waals surface area (Å²) in [6.45, 7) is 0.827. The van der Waals surface area contributed by atoms with E-state index < -0.39 is 11.9 Å². The Bertz CT molecular complexity index is 323. The highest BCUT2D eigenvalue weighted by atomic mass is 16.2. The third-order valence-electron chi connectivity index (χ3n) is 2.91. The van der Waals surface area contributed by atoms with Gasteiger partial charge in [0.25, 0.3) is 0 Å². The Hall–Kier alpha value is -1.43. The van der Waals surface area contributed by atoms with Crippen LogP contribution in [-0.2, 0) is 14.4 Å². The van der Waals surface area contributed by atoms with Gasteiger partial charge in [-0.15, -0.1) is 0 Å². The number of imide groups is 1. The molecule has 3 N–H and O–H groups in total. The molecule has 0 bridgehead atoms. The molecule has 0 saturated carbocycles. The van der Waals surface area contributed by atoms with Gasteiger partial charge in [0.2, 0.25) is 17.7 Å². The number of hydrogen-bond acceptors (Lipinski definition) is 4. The molecule has 0 radical (unpaired) electrons. The van der Waals surface area contributed by atoms with Gasteiger partial charge in [0.15, 0.2) is 0 Å². The third-order valence-corrected chi connectivity index (χ3v) is 2.91. The molecule has 2 saturated heterocycles.